The zero-order valence-electron chi connectivity index (χ0n) is 3.18. The van der Waals surface area contributed by atoms with E-state index in [1.54, 1.807) is 0 Å². The molecule has 0 aromatic rings. The second-order valence-electron chi connectivity index (χ2n) is 0.698. The molecule has 5 heavy (non-hydrogen) atoms. The molecule has 0 atom stereocenters. The predicted octanol–water partition coefficient (Wildman–Crippen LogP) is 1.53. The van der Waals surface area contributed by atoms with Gasteiger partial charge in [-0.15, -0.1) is 0 Å². The second-order valence-corrected chi connectivity index (χ2v) is 1.10. The topological polar surface area (TPSA) is 0 Å². The van der Waals surface area contributed by atoms with E-state index in [2.05, 4.69) is 15.5 Å². The Morgan fingerprint density at radius 3 is 2.40 bits per heavy atom. The first-order chi connectivity index (χ1) is 2.41. The molecule has 0 aromatic carbocycles. The van der Waals surface area contributed by atoms with Crippen molar-refractivity contribution in [3.63, 3.8) is 0 Å². The molecule has 0 nitrogen and oxygen atoms in total. The Bertz CT molecular complexity index is 30.6. The Hall–Kier alpha value is 0.234. The first-order valence-corrected chi connectivity index (χ1v) is 2.24. The molecule has 0 unspecified atom stereocenters. The van der Waals surface area contributed by atoms with Gasteiger partial charge in [-0.2, -0.15) is 0 Å². The molecule has 0 bridgehead atoms. The third kappa shape index (κ3) is 4.23. The summed E-state index contributed by atoms with van der Waals surface area (Å²) in [6.45, 7) is 1.97. The van der Waals surface area contributed by atoms with Gasteiger partial charge in [-0.3, -0.25) is 0 Å². The van der Waals surface area contributed by atoms with Gasteiger partial charge in [0.2, 0.25) is 0 Å². The third-order valence-electron chi connectivity index (χ3n) is 0.310. The van der Waals surface area contributed by atoms with Gasteiger partial charge in [-0.1, -0.05) is 0 Å². The summed E-state index contributed by atoms with van der Waals surface area (Å²) >= 11 is 4.32. The Balaban J connectivity index is 2.62. The van der Waals surface area contributed by atoms with Crippen molar-refractivity contribution in [2.24, 2.45) is 0 Å². The van der Waals surface area contributed by atoms with Crippen molar-refractivity contribution in [1.29, 1.82) is 0 Å². The first-order valence-electron chi connectivity index (χ1n) is 1.54. The summed E-state index contributed by atoms with van der Waals surface area (Å²) < 4.78 is 0. The van der Waals surface area contributed by atoms with Crippen molar-refractivity contribution in [3.8, 4) is 0 Å². The average molecular weight is 114 g/mol. The Labute approximate surface area is 40.6 Å². The van der Waals surface area contributed by atoms with Crippen molar-refractivity contribution in [2.75, 3.05) is 0 Å². The molecule has 0 aliphatic carbocycles. The zero-order valence-corrected chi connectivity index (χ0v) is 4.17. The van der Waals surface area contributed by atoms with Gasteiger partial charge in [0.25, 0.3) is 0 Å². The Morgan fingerprint density at radius 1 is 1.80 bits per heavy atom. The maximum absolute atomic E-state index is 4.32. The molecule has 0 aliphatic heterocycles. The van der Waals surface area contributed by atoms with Crippen molar-refractivity contribution in [2.45, 2.75) is 12.3 Å². The van der Waals surface area contributed by atoms with Gasteiger partial charge < -0.3 is 0 Å². The summed E-state index contributed by atoms with van der Waals surface area (Å²) in [5.41, 5.74) is 0. The van der Waals surface area contributed by atoms with Crippen LogP contribution in [0.4, 0.5) is 0 Å². The molecule has 1 heteroatoms. The van der Waals surface area contributed by atoms with Gasteiger partial charge in [0.1, 0.15) is 0 Å². The predicted molar refractivity (Wildman–Crippen MR) is 19.6 cm³/mol. The van der Waals surface area contributed by atoms with Gasteiger partial charge in [-0.25, -0.2) is 0 Å². The molecule has 0 N–H and O–H groups in total. The summed E-state index contributed by atoms with van der Waals surface area (Å²) in [6, 6.07) is 0. The fraction of sp³-hybridized carbons (Fsp3) is 0.500. The van der Waals surface area contributed by atoms with E-state index in [-0.39, 0.29) is 0 Å². The first kappa shape index (κ1) is 5.23. The van der Waals surface area contributed by atoms with Crippen molar-refractivity contribution in [1.82, 2.24) is 0 Å². The van der Waals surface area contributed by atoms with Gasteiger partial charge >= 0.3 is 39.9 Å². The molecule has 0 fully saturated rings. The minimum atomic E-state index is 0.788. The molecule has 0 spiro atoms. The summed E-state index contributed by atoms with van der Waals surface area (Å²) in [4.78, 5) is 0. The molecule has 0 amide bonds. The standard InChI is InChI=1S/C4H7.Ni/c1-3-4-2;/h3-4H,1H2,2H3;. The molecule has 0 radical (unpaired) electrons. The third-order valence-corrected chi connectivity index (χ3v) is 0.543. The molecule has 0 aliphatic rings. The van der Waals surface area contributed by atoms with E-state index >= 15 is 0 Å². The van der Waals surface area contributed by atoms with Crippen LogP contribution in [0.15, 0.2) is 12.2 Å². The van der Waals surface area contributed by atoms with E-state index in [9.17, 15) is 0 Å². The van der Waals surface area contributed by atoms with Gasteiger partial charge in [0, 0.05) is 0 Å². The molecule has 0 heterocycles. The number of allylic oxidation sites excluding steroid dienone is 2. The van der Waals surface area contributed by atoms with E-state index in [1.807, 2.05) is 19.1 Å². The van der Waals surface area contributed by atoms with Crippen LogP contribution in [0, 0.1) is 0 Å². The zero-order chi connectivity index (χ0) is 4.12. The van der Waals surface area contributed by atoms with Crippen LogP contribution in [0.3, 0.4) is 0 Å². The molecule has 0 saturated heterocycles. The van der Waals surface area contributed by atoms with E-state index in [4.69, 9.17) is 0 Å². The van der Waals surface area contributed by atoms with E-state index in [1.165, 1.54) is 0 Å². The molecule has 0 aromatic heterocycles. The van der Waals surface area contributed by atoms with Gasteiger partial charge in [0.15, 0.2) is 0 Å². The van der Waals surface area contributed by atoms with E-state index in [0.717, 1.165) is 5.39 Å². The maximum atomic E-state index is 4.32. The molecular formula is C4H7Ni. The van der Waals surface area contributed by atoms with E-state index < -0.39 is 0 Å². The second kappa shape index (κ2) is 4.23. The number of hydrogen-bond donors (Lipinski definition) is 0. The molecule has 0 saturated carbocycles. The molecule has 33 valence electrons. The summed E-state index contributed by atoms with van der Waals surface area (Å²) in [5, 5.41) is 0.788. The average Bonchev–Trinajstić information content (AvgIpc) is 1.41. The SMILES string of the molecule is CC=C[CH2][Ni]. The van der Waals surface area contributed by atoms with Crippen LogP contribution in [0.2, 0.25) is 5.39 Å². The minimum absolute atomic E-state index is 0.788. The van der Waals surface area contributed by atoms with Crippen LogP contribution >= 0.6 is 0 Å². The van der Waals surface area contributed by atoms with Crippen molar-refractivity contribution < 1.29 is 15.5 Å². The molecule has 0 rings (SSSR count). The molecular weight excluding hydrogens is 107 g/mol. The van der Waals surface area contributed by atoms with Crippen LogP contribution in [0.5, 0.6) is 0 Å². The van der Waals surface area contributed by atoms with Crippen LogP contribution in [-0.4, -0.2) is 0 Å². The fourth-order valence-electron chi connectivity index (χ4n) is 0.0745. The van der Waals surface area contributed by atoms with E-state index in [0.29, 0.717) is 0 Å². The van der Waals surface area contributed by atoms with Crippen LogP contribution in [0.1, 0.15) is 6.92 Å². The summed E-state index contributed by atoms with van der Waals surface area (Å²) in [5.74, 6) is 0. The van der Waals surface area contributed by atoms with Crippen molar-refractivity contribution >= 4 is 0 Å². The van der Waals surface area contributed by atoms with Gasteiger partial charge in [-0.05, 0) is 0 Å². The number of rotatable bonds is 1. The quantitative estimate of drug-likeness (QED) is 0.358. The number of hydrogen-bond acceptors (Lipinski definition) is 0. The summed E-state index contributed by atoms with van der Waals surface area (Å²) in [6.07, 6.45) is 3.92. The van der Waals surface area contributed by atoms with Crippen molar-refractivity contribution in [3.05, 3.63) is 12.2 Å². The van der Waals surface area contributed by atoms with Gasteiger partial charge in [0.05, 0.1) is 0 Å². The van der Waals surface area contributed by atoms with Crippen LogP contribution < -0.4 is 0 Å². The van der Waals surface area contributed by atoms with Crippen LogP contribution in [0.25, 0.3) is 0 Å². The normalized spacial score (nSPS) is 10.2. The Morgan fingerprint density at radius 2 is 2.40 bits per heavy atom. The monoisotopic (exact) mass is 113 g/mol. The Kier molecular flexibility index (Phi) is 4.43. The van der Waals surface area contributed by atoms with Crippen LogP contribution in [-0.2, 0) is 15.5 Å². The fourth-order valence-corrected chi connectivity index (χ4v) is 0.307. The summed E-state index contributed by atoms with van der Waals surface area (Å²) in [7, 11) is 0.